The second kappa shape index (κ2) is 18.4. The molecule has 0 amide bonds. The lowest BCUT2D eigenvalue weighted by atomic mass is 9.99. The minimum absolute atomic E-state index is 1.73. The van der Waals surface area contributed by atoms with Gasteiger partial charge in [0.25, 0.3) is 0 Å². The summed E-state index contributed by atoms with van der Waals surface area (Å²) in [5.41, 5.74) is 0. The second-order valence-electron chi connectivity index (χ2n) is 10.2. The van der Waals surface area contributed by atoms with E-state index in [9.17, 15) is 105 Å². The molecule has 35 nitrogen and oxygen atoms in total. The monoisotopic (exact) mass is 982 g/mol. The topological polar surface area (TPSA) is 562 Å². The molecule has 2 rings (SSSR count). The summed E-state index contributed by atoms with van der Waals surface area (Å²) in [6.45, 7) is -5.67. The van der Waals surface area contributed by atoms with Crippen LogP contribution in [-0.2, 0) is 86.9 Å². The van der Waals surface area contributed by atoms with Crippen LogP contribution in [0.4, 0.5) is 0 Å². The highest BCUT2D eigenvalue weighted by Crippen LogP contribution is 2.56. The number of ether oxygens (including phenoxy) is 3. The highest BCUT2D eigenvalue weighted by Gasteiger charge is 2.65. The van der Waals surface area contributed by atoms with Gasteiger partial charge in [0.2, 0.25) is 5.79 Å². The molecule has 6 unspecified atom stereocenters. The first-order valence-corrected chi connectivity index (χ1v) is 25.2. The van der Waals surface area contributed by atoms with Gasteiger partial charge >= 0.3 is 62.6 Å². The van der Waals surface area contributed by atoms with Gasteiger partial charge in [-0.25, -0.2) is 36.5 Å². The van der Waals surface area contributed by atoms with Gasteiger partial charge in [-0.15, -0.1) is 0 Å². The molecule has 0 bridgehead atoms. The highest BCUT2D eigenvalue weighted by molar-refractivity contribution is 7.48. The van der Waals surface area contributed by atoms with Crippen molar-refractivity contribution in [1.82, 2.24) is 0 Å². The fourth-order valence-corrected chi connectivity index (χ4v) is 8.27. The van der Waals surface area contributed by atoms with Crippen LogP contribution in [0.1, 0.15) is 0 Å². The maximum atomic E-state index is 12.1. The Hall–Kier alpha value is 0.760. The van der Waals surface area contributed by atoms with Crippen molar-refractivity contribution >= 4 is 62.6 Å². The summed E-state index contributed by atoms with van der Waals surface area (Å²) in [6, 6.07) is 0. The van der Waals surface area contributed by atoms with Crippen molar-refractivity contribution < 1.29 is 165 Å². The molecule has 2 heterocycles. The van der Waals surface area contributed by atoms with Crippen LogP contribution in [0.5, 0.6) is 0 Å². The zero-order valence-corrected chi connectivity index (χ0v) is 32.9. The molecule has 55 heavy (non-hydrogen) atoms. The zero-order chi connectivity index (χ0) is 43.0. The number of hydrogen-bond acceptors (Lipinski definition) is 19. The lowest BCUT2D eigenvalue weighted by molar-refractivity contribution is -0.376. The third-order valence-corrected chi connectivity index (χ3v) is 9.90. The van der Waals surface area contributed by atoms with Crippen LogP contribution in [0.15, 0.2) is 0 Å². The van der Waals surface area contributed by atoms with E-state index in [1.807, 2.05) is 0 Å². The van der Waals surface area contributed by atoms with Crippen LogP contribution in [-0.4, -0.2) is 153 Å². The maximum absolute atomic E-state index is 12.1. The fourth-order valence-electron chi connectivity index (χ4n) is 4.43. The van der Waals surface area contributed by atoms with E-state index >= 15 is 0 Å². The van der Waals surface area contributed by atoms with Crippen molar-refractivity contribution in [2.45, 2.75) is 54.8 Å². The molecule has 0 spiro atoms. The summed E-state index contributed by atoms with van der Waals surface area (Å²) in [7, 11) is -48.2. The van der Waals surface area contributed by atoms with E-state index in [0.29, 0.717) is 0 Å². The molecule has 0 radical (unpaired) electrons. The molecule has 2 aliphatic heterocycles. The fraction of sp³-hybridized carbons (Fsp3) is 1.00. The number of rotatable bonds is 21. The predicted molar refractivity (Wildman–Crippen MR) is 156 cm³/mol. The molecule has 2 aliphatic rings. The Balaban J connectivity index is 3.02. The van der Waals surface area contributed by atoms with E-state index in [1.165, 1.54) is 0 Å². The SMILES string of the molecule is O=P(O)(O)OCC1OC(COP(=O)(O)O)(O[C@@H]2OC(COP(=O)(O)O)[C@@H](OP(=O)(O)O)C(OP(=O)(O)O)[C@@H]2OP(=O)(O)O)C(OP(=O)(O)O)C1OP(=O)(O)O. The number of phosphoric ester groups is 8. The highest BCUT2D eigenvalue weighted by atomic mass is 31.2. The van der Waals surface area contributed by atoms with Crippen molar-refractivity contribution in [3.63, 3.8) is 0 Å². The van der Waals surface area contributed by atoms with Gasteiger partial charge in [0.05, 0.1) is 13.2 Å². The molecule has 0 aromatic heterocycles. The molecule has 0 aliphatic carbocycles. The normalized spacial score (nSPS) is 30.8. The summed E-state index contributed by atoms with van der Waals surface area (Å²) in [6.07, 6.45) is -24.3. The average molecular weight is 982 g/mol. The van der Waals surface area contributed by atoms with Crippen LogP contribution in [0.25, 0.3) is 0 Å². The van der Waals surface area contributed by atoms with Crippen LogP contribution in [0, 0.1) is 0 Å². The van der Waals surface area contributed by atoms with Crippen LogP contribution in [0.3, 0.4) is 0 Å². The van der Waals surface area contributed by atoms with E-state index in [2.05, 4.69) is 36.2 Å². The minimum atomic E-state index is -6.24. The Morgan fingerprint density at radius 2 is 0.782 bits per heavy atom. The minimum Gasteiger partial charge on any atom is -0.341 e. The average Bonchev–Trinajstić information content (AvgIpc) is 3.15. The first kappa shape index (κ1) is 51.9. The van der Waals surface area contributed by atoms with E-state index in [-0.39, 0.29) is 0 Å². The van der Waals surface area contributed by atoms with Crippen molar-refractivity contribution in [2.75, 3.05) is 19.8 Å². The molecule has 9 atom stereocenters. The summed E-state index contributed by atoms with van der Waals surface area (Å²) in [4.78, 5) is 151. The van der Waals surface area contributed by atoms with Crippen LogP contribution < -0.4 is 0 Å². The van der Waals surface area contributed by atoms with Crippen LogP contribution >= 0.6 is 62.6 Å². The van der Waals surface area contributed by atoms with Gasteiger partial charge in [-0.2, -0.15) is 0 Å². The van der Waals surface area contributed by atoms with Gasteiger partial charge in [-0.1, -0.05) is 0 Å². The Kier molecular flexibility index (Phi) is 17.4. The molecule has 43 heteroatoms. The Bertz CT molecular complexity index is 1700. The molecule has 2 saturated heterocycles. The van der Waals surface area contributed by atoms with E-state index in [1.54, 1.807) is 0 Å². The Morgan fingerprint density at radius 3 is 1.18 bits per heavy atom. The molecule has 0 aromatic rings. The summed E-state index contributed by atoms with van der Waals surface area (Å²) >= 11 is 0. The van der Waals surface area contributed by atoms with Crippen molar-refractivity contribution in [1.29, 1.82) is 0 Å². The van der Waals surface area contributed by atoms with Gasteiger partial charge in [0, 0.05) is 0 Å². The van der Waals surface area contributed by atoms with Crippen molar-refractivity contribution in [2.24, 2.45) is 0 Å². The summed E-state index contributed by atoms with van der Waals surface area (Å²) in [5, 5.41) is 0. The quantitative estimate of drug-likeness (QED) is 0.0482. The van der Waals surface area contributed by atoms with Gasteiger partial charge < -0.3 is 92.5 Å². The Labute approximate surface area is 302 Å². The molecule has 2 fully saturated rings. The predicted octanol–water partition coefficient (Wildman–Crippen LogP) is -4.46. The van der Waals surface area contributed by atoms with Gasteiger partial charge in [-0.3, -0.25) is 36.2 Å². The number of hydrogen-bond donors (Lipinski definition) is 16. The standard InChI is InChI=1S/C12H30O35P8/c13-48(14,15)37-1-4-6(43-51(22,23)24)8(45-53(28,29)30)9(46-54(31,32)33)11(40-4)42-12(3-39-50(19,20)21)10(47-55(34,35)36)7(44-52(25,26)27)5(41-12)2-38-49(16,17)18/h4-11H,1-3H2,(H2,13,14,15)(H2,16,17,18)(H2,19,20,21)(H2,22,23,24)(H2,25,26,27)(H2,28,29,30)(H2,31,32,33)(H2,34,35,36)/t4?,5?,6-,7?,8?,9+,10?,11+,12?/m1/s1. The molecular weight excluding hydrogens is 952 g/mol. The molecule has 0 saturated carbocycles. The van der Waals surface area contributed by atoms with Gasteiger partial charge in [0.15, 0.2) is 12.4 Å². The van der Waals surface area contributed by atoms with E-state index in [4.69, 9.17) is 24.0 Å². The maximum Gasteiger partial charge on any atom is 0.470 e. The van der Waals surface area contributed by atoms with E-state index in [0.717, 1.165) is 0 Å². The smallest absolute Gasteiger partial charge is 0.341 e. The molecular formula is C12H30O35P8. The second-order valence-corrected chi connectivity index (χ2v) is 19.9. The third kappa shape index (κ3) is 19.3. The third-order valence-electron chi connectivity index (χ3n) is 5.89. The van der Waals surface area contributed by atoms with Crippen LogP contribution in [0.2, 0.25) is 0 Å². The summed E-state index contributed by atoms with van der Waals surface area (Å²) in [5.74, 6) is -3.90. The largest absolute Gasteiger partial charge is 0.470 e. The van der Waals surface area contributed by atoms with Crippen molar-refractivity contribution in [3.05, 3.63) is 0 Å². The van der Waals surface area contributed by atoms with Crippen molar-refractivity contribution in [3.8, 4) is 0 Å². The Morgan fingerprint density at radius 1 is 0.418 bits per heavy atom. The first-order valence-electron chi connectivity index (χ1n) is 13.0. The summed E-state index contributed by atoms with van der Waals surface area (Å²) < 4.78 is 144. The molecule has 0 aromatic carbocycles. The number of phosphoric acid groups is 8. The van der Waals surface area contributed by atoms with Gasteiger partial charge in [-0.05, 0) is 0 Å². The lowest BCUT2D eigenvalue weighted by Crippen LogP contribution is -2.64. The molecule has 328 valence electrons. The first-order chi connectivity index (χ1) is 24.2. The lowest BCUT2D eigenvalue weighted by Gasteiger charge is -2.47. The molecule has 16 N–H and O–H groups in total. The van der Waals surface area contributed by atoms with Gasteiger partial charge in [0.1, 0.15) is 43.2 Å². The van der Waals surface area contributed by atoms with E-state index < -0.39 is 137 Å². The zero-order valence-electron chi connectivity index (χ0n) is 25.7.